The molecule has 0 radical (unpaired) electrons. The van der Waals surface area contributed by atoms with Crippen LogP contribution in [-0.2, 0) is 27.9 Å². The molecule has 0 aliphatic heterocycles. The summed E-state index contributed by atoms with van der Waals surface area (Å²) < 4.78 is 33.3. The molecule has 3 N–H and O–H groups in total. The lowest BCUT2D eigenvalue weighted by molar-refractivity contribution is -0.154. The second kappa shape index (κ2) is 42.8. The first-order chi connectivity index (χ1) is 27.3. The summed E-state index contributed by atoms with van der Waals surface area (Å²) in [6, 6.07) is 0. The molecule has 0 aliphatic rings. The molecule has 0 aromatic rings. The molecule has 3 atom stereocenters. The summed E-state index contributed by atoms with van der Waals surface area (Å²) >= 11 is 0. The molecule has 326 valence electrons. The summed E-state index contributed by atoms with van der Waals surface area (Å²) in [6.07, 6.45) is 49.0. The van der Waals surface area contributed by atoms with Crippen molar-refractivity contribution in [3.8, 4) is 0 Å². The Morgan fingerprint density at radius 1 is 0.571 bits per heavy atom. The van der Waals surface area contributed by atoms with E-state index in [1.807, 2.05) is 0 Å². The molecule has 0 aromatic carbocycles. The topological polar surface area (TPSA) is 132 Å². The Morgan fingerprint density at radius 2 is 1.02 bits per heavy atom. The van der Waals surface area contributed by atoms with E-state index < -0.39 is 39.2 Å². The molecule has 9 nitrogen and oxygen atoms in total. The van der Waals surface area contributed by atoms with Crippen LogP contribution in [0.15, 0.2) is 60.8 Å². The van der Waals surface area contributed by atoms with E-state index >= 15 is 0 Å². The standard InChI is InChI=1S/C46H83O9P/c1-3-5-7-9-11-13-15-16-17-18-19-20-21-22-23-24-25-26-27-29-31-33-35-37-39-52-42-45(43-54-56(50,51)53-41-44(48)40-47)55-46(49)38-36-34-32-30-28-14-12-10-8-6-4-2/h5,7,10-13,16-17,19-20,44-45,47-48H,3-4,6,8-9,14-15,18,21-43H2,1-2H3,(H,50,51)/b7-5-,12-10-,13-11-,17-16-,20-19-. The largest absolute Gasteiger partial charge is 0.472 e. The number of allylic oxidation sites excluding steroid dienone is 10. The molecule has 0 amide bonds. The highest BCUT2D eigenvalue weighted by Gasteiger charge is 2.26. The molecule has 3 unspecified atom stereocenters. The molecule has 0 saturated carbocycles. The molecular formula is C46H83O9P. The number of carbonyl (C=O) groups excluding carboxylic acids is 1. The lowest BCUT2D eigenvalue weighted by Crippen LogP contribution is -2.29. The highest BCUT2D eigenvalue weighted by atomic mass is 31.2. The van der Waals surface area contributed by atoms with Crippen molar-refractivity contribution < 1.29 is 43.0 Å². The average Bonchev–Trinajstić information content (AvgIpc) is 3.19. The number of rotatable bonds is 42. The summed E-state index contributed by atoms with van der Waals surface area (Å²) in [5.41, 5.74) is 0. The number of unbranched alkanes of at least 4 members (excludes halogenated alkanes) is 18. The number of hydrogen-bond donors (Lipinski definition) is 3. The van der Waals surface area contributed by atoms with Crippen molar-refractivity contribution in [2.75, 3.05) is 33.0 Å². The number of esters is 1. The van der Waals surface area contributed by atoms with Crippen LogP contribution in [-0.4, -0.2) is 66.3 Å². The minimum Gasteiger partial charge on any atom is -0.457 e. The van der Waals surface area contributed by atoms with Crippen LogP contribution in [0.1, 0.15) is 181 Å². The first kappa shape index (κ1) is 54.2. The predicted octanol–water partition coefficient (Wildman–Crippen LogP) is 12.4. The Hall–Kier alpha value is -1.84. The average molecular weight is 811 g/mol. The molecule has 56 heavy (non-hydrogen) atoms. The van der Waals surface area contributed by atoms with E-state index in [1.165, 1.54) is 70.6 Å². The number of aliphatic hydroxyl groups is 2. The van der Waals surface area contributed by atoms with Crippen molar-refractivity contribution >= 4 is 13.8 Å². The summed E-state index contributed by atoms with van der Waals surface area (Å²) in [5.74, 6) is -0.396. The van der Waals surface area contributed by atoms with Gasteiger partial charge in [-0.05, 0) is 70.6 Å². The second-order valence-corrected chi connectivity index (χ2v) is 16.1. The maximum atomic E-state index is 12.6. The molecule has 0 saturated heterocycles. The summed E-state index contributed by atoms with van der Waals surface area (Å²) in [4.78, 5) is 22.5. The van der Waals surface area contributed by atoms with Crippen LogP contribution < -0.4 is 0 Å². The Morgan fingerprint density at radius 3 is 1.55 bits per heavy atom. The van der Waals surface area contributed by atoms with Gasteiger partial charge in [0.25, 0.3) is 0 Å². The van der Waals surface area contributed by atoms with Crippen LogP contribution in [0.3, 0.4) is 0 Å². The Bertz CT molecular complexity index is 1060. The zero-order chi connectivity index (χ0) is 41.1. The van der Waals surface area contributed by atoms with Crippen LogP contribution in [0.4, 0.5) is 0 Å². The third-order valence-electron chi connectivity index (χ3n) is 9.19. The number of phosphoric acid groups is 1. The Kier molecular flexibility index (Phi) is 41.4. The zero-order valence-corrected chi connectivity index (χ0v) is 36.5. The summed E-state index contributed by atoms with van der Waals surface area (Å²) in [5, 5.41) is 18.3. The van der Waals surface area contributed by atoms with E-state index in [-0.39, 0.29) is 19.6 Å². The minimum absolute atomic E-state index is 0.0419. The fourth-order valence-corrected chi connectivity index (χ4v) is 6.59. The van der Waals surface area contributed by atoms with Crippen LogP contribution in [0.5, 0.6) is 0 Å². The molecule has 0 aromatic heterocycles. The van der Waals surface area contributed by atoms with Crippen molar-refractivity contribution in [3.63, 3.8) is 0 Å². The van der Waals surface area contributed by atoms with Gasteiger partial charge in [-0.2, -0.15) is 0 Å². The number of phosphoric ester groups is 1. The maximum absolute atomic E-state index is 12.6. The van der Waals surface area contributed by atoms with Crippen molar-refractivity contribution in [1.82, 2.24) is 0 Å². The predicted molar refractivity (Wildman–Crippen MR) is 233 cm³/mol. The van der Waals surface area contributed by atoms with Gasteiger partial charge in [-0.25, -0.2) is 4.57 Å². The summed E-state index contributed by atoms with van der Waals surface area (Å²) in [6.45, 7) is 3.34. The minimum atomic E-state index is -4.52. The number of ether oxygens (including phenoxy) is 2. The molecule has 10 heteroatoms. The van der Waals surface area contributed by atoms with Gasteiger partial charge in [-0.3, -0.25) is 13.8 Å². The first-order valence-electron chi connectivity index (χ1n) is 22.3. The van der Waals surface area contributed by atoms with Gasteiger partial charge in [0.05, 0.1) is 26.4 Å². The van der Waals surface area contributed by atoms with E-state index in [1.54, 1.807) is 0 Å². The Balaban J connectivity index is 4.06. The van der Waals surface area contributed by atoms with Gasteiger partial charge in [0.15, 0.2) is 0 Å². The molecule has 0 bridgehead atoms. The first-order valence-corrected chi connectivity index (χ1v) is 23.8. The molecule has 0 aliphatic carbocycles. The van der Waals surface area contributed by atoms with E-state index in [2.05, 4.69) is 74.6 Å². The van der Waals surface area contributed by atoms with Gasteiger partial charge in [-0.15, -0.1) is 0 Å². The van der Waals surface area contributed by atoms with Crippen molar-refractivity contribution in [2.45, 2.75) is 193 Å². The third kappa shape index (κ3) is 41.8. The van der Waals surface area contributed by atoms with Gasteiger partial charge in [0.2, 0.25) is 0 Å². The number of hydrogen-bond acceptors (Lipinski definition) is 8. The molecule has 0 fully saturated rings. The fourth-order valence-electron chi connectivity index (χ4n) is 5.80. The second-order valence-electron chi connectivity index (χ2n) is 14.7. The SMILES string of the molecule is CC/C=C\C/C=C\C/C=C\C/C=C\CCCCCCCCCCCCCOCC(COP(=O)(O)OCC(O)CO)OC(=O)CCCCCCC/C=C\CCCC. The van der Waals surface area contributed by atoms with Gasteiger partial charge < -0.3 is 24.6 Å². The van der Waals surface area contributed by atoms with Gasteiger partial charge >= 0.3 is 13.8 Å². The van der Waals surface area contributed by atoms with Gasteiger partial charge in [0.1, 0.15) is 12.2 Å². The maximum Gasteiger partial charge on any atom is 0.472 e. The van der Waals surface area contributed by atoms with E-state index in [4.69, 9.17) is 23.6 Å². The monoisotopic (exact) mass is 811 g/mol. The molecule has 0 spiro atoms. The van der Waals surface area contributed by atoms with Crippen molar-refractivity contribution in [1.29, 1.82) is 0 Å². The van der Waals surface area contributed by atoms with Crippen molar-refractivity contribution in [2.24, 2.45) is 0 Å². The lowest BCUT2D eigenvalue weighted by Gasteiger charge is -2.20. The highest BCUT2D eigenvalue weighted by molar-refractivity contribution is 7.47. The van der Waals surface area contributed by atoms with Crippen LogP contribution in [0.2, 0.25) is 0 Å². The zero-order valence-electron chi connectivity index (χ0n) is 35.6. The van der Waals surface area contributed by atoms with E-state index in [0.717, 1.165) is 83.5 Å². The molecular weight excluding hydrogens is 727 g/mol. The quantitative estimate of drug-likeness (QED) is 0.0239. The smallest absolute Gasteiger partial charge is 0.457 e. The lowest BCUT2D eigenvalue weighted by atomic mass is 10.1. The number of aliphatic hydroxyl groups excluding tert-OH is 2. The van der Waals surface area contributed by atoms with Gasteiger partial charge in [-0.1, -0.05) is 164 Å². The van der Waals surface area contributed by atoms with Crippen LogP contribution in [0, 0.1) is 0 Å². The molecule has 0 rings (SSSR count). The normalized spacial score (nSPS) is 14.6. The van der Waals surface area contributed by atoms with Crippen molar-refractivity contribution in [3.05, 3.63) is 60.8 Å². The highest BCUT2D eigenvalue weighted by Crippen LogP contribution is 2.43. The third-order valence-corrected chi connectivity index (χ3v) is 10.1. The molecule has 0 heterocycles. The van der Waals surface area contributed by atoms with E-state index in [0.29, 0.717) is 13.0 Å². The fraction of sp³-hybridized carbons (Fsp3) is 0.761. The number of carbonyl (C=O) groups is 1. The Labute approximate surface area is 342 Å². The van der Waals surface area contributed by atoms with Gasteiger partial charge in [0, 0.05) is 13.0 Å². The van der Waals surface area contributed by atoms with Crippen LogP contribution >= 0.6 is 7.82 Å². The summed E-state index contributed by atoms with van der Waals surface area (Å²) in [7, 11) is -4.52. The van der Waals surface area contributed by atoms with Crippen LogP contribution in [0.25, 0.3) is 0 Å². The van der Waals surface area contributed by atoms with E-state index in [9.17, 15) is 19.4 Å².